The molecule has 0 aliphatic carbocycles. The fraction of sp³-hybridized carbons (Fsp3) is 0.308. The van der Waals surface area contributed by atoms with Gasteiger partial charge in [-0.05, 0) is 0 Å². The maximum absolute atomic E-state index is 11.9. The van der Waals surface area contributed by atoms with Crippen LogP contribution in [0.3, 0.4) is 0 Å². The number of carboxylic acid groups (broad SMARTS) is 1. The first-order valence-corrected chi connectivity index (χ1v) is 5.68. The maximum atomic E-state index is 11.9. The quantitative estimate of drug-likeness (QED) is 0.638. The summed E-state index contributed by atoms with van der Waals surface area (Å²) in [4.78, 5) is 33.6. The van der Waals surface area contributed by atoms with Gasteiger partial charge in [-0.25, -0.2) is 4.79 Å². The number of ketones is 1. The van der Waals surface area contributed by atoms with Gasteiger partial charge < -0.3 is 15.5 Å². The molecule has 19 heavy (non-hydrogen) atoms. The Morgan fingerprint density at radius 2 is 1.79 bits per heavy atom. The zero-order valence-electron chi connectivity index (χ0n) is 10.4. The molecule has 6 nitrogen and oxygen atoms in total. The molecular weight excluding hydrogens is 250 g/mol. The number of carboxylic acids is 1. The van der Waals surface area contributed by atoms with Crippen molar-refractivity contribution in [2.45, 2.75) is 25.5 Å². The molecule has 1 rings (SSSR count). The fourth-order valence-corrected chi connectivity index (χ4v) is 1.62. The van der Waals surface area contributed by atoms with Gasteiger partial charge in [0, 0.05) is 18.9 Å². The smallest absolute Gasteiger partial charge is 0.334 e. The van der Waals surface area contributed by atoms with Crippen LogP contribution in [0.25, 0.3) is 0 Å². The molecule has 0 saturated carbocycles. The molecule has 0 aromatic heterocycles. The number of hydrogen-bond acceptors (Lipinski definition) is 4. The summed E-state index contributed by atoms with van der Waals surface area (Å²) in [5.41, 5.74) is 0.399. The van der Waals surface area contributed by atoms with Gasteiger partial charge in [0.05, 0.1) is 6.04 Å². The molecule has 0 fully saturated rings. The molecule has 1 aromatic carbocycles. The van der Waals surface area contributed by atoms with Gasteiger partial charge in [-0.1, -0.05) is 30.3 Å². The first kappa shape index (κ1) is 14.8. The van der Waals surface area contributed by atoms with Crippen molar-refractivity contribution in [3.8, 4) is 0 Å². The first-order valence-electron chi connectivity index (χ1n) is 5.68. The molecule has 3 N–H and O–H groups in total. The lowest BCUT2D eigenvalue weighted by atomic mass is 10.00. The molecule has 0 bridgehead atoms. The minimum atomic E-state index is -1.82. The van der Waals surface area contributed by atoms with E-state index in [4.69, 9.17) is 5.11 Å². The Balaban J connectivity index is 2.80. The van der Waals surface area contributed by atoms with Crippen molar-refractivity contribution in [3.63, 3.8) is 0 Å². The predicted molar refractivity (Wildman–Crippen MR) is 66.6 cm³/mol. The number of hydrogen-bond donors (Lipinski definition) is 3. The van der Waals surface area contributed by atoms with E-state index in [0.29, 0.717) is 5.56 Å². The highest BCUT2D eigenvalue weighted by Gasteiger charge is 2.28. The van der Waals surface area contributed by atoms with Crippen LogP contribution >= 0.6 is 0 Å². The Morgan fingerprint density at radius 1 is 1.21 bits per heavy atom. The summed E-state index contributed by atoms with van der Waals surface area (Å²) in [7, 11) is 0. The number of amides is 1. The number of aliphatic hydroxyl groups is 1. The largest absolute Gasteiger partial charge is 0.479 e. The summed E-state index contributed by atoms with van der Waals surface area (Å²) >= 11 is 0. The second kappa shape index (κ2) is 6.65. The van der Waals surface area contributed by atoms with Crippen molar-refractivity contribution in [1.29, 1.82) is 0 Å². The molecule has 1 aromatic rings. The lowest BCUT2D eigenvalue weighted by Gasteiger charge is -2.20. The van der Waals surface area contributed by atoms with E-state index < -0.39 is 24.0 Å². The molecule has 6 heteroatoms. The molecule has 2 atom stereocenters. The van der Waals surface area contributed by atoms with E-state index in [9.17, 15) is 19.5 Å². The molecule has 0 unspecified atom stereocenters. The normalized spacial score (nSPS) is 13.4. The van der Waals surface area contributed by atoms with Crippen LogP contribution in [0.15, 0.2) is 30.3 Å². The highest BCUT2D eigenvalue weighted by atomic mass is 16.4. The fourth-order valence-electron chi connectivity index (χ4n) is 1.62. The van der Waals surface area contributed by atoms with Gasteiger partial charge >= 0.3 is 5.97 Å². The zero-order valence-corrected chi connectivity index (χ0v) is 10.4. The summed E-state index contributed by atoms with van der Waals surface area (Å²) in [6.45, 7) is 1.19. The minimum absolute atomic E-state index is 0.281. The predicted octanol–water partition coefficient (Wildman–Crippen LogP) is 0.210. The number of carbonyl (C=O) groups is 3. The van der Waals surface area contributed by atoms with Gasteiger partial charge in [0.2, 0.25) is 5.91 Å². The monoisotopic (exact) mass is 265 g/mol. The van der Waals surface area contributed by atoms with E-state index in [2.05, 4.69) is 5.32 Å². The van der Waals surface area contributed by atoms with E-state index in [0.717, 1.165) is 0 Å². The van der Waals surface area contributed by atoms with E-state index in [1.807, 2.05) is 0 Å². The van der Waals surface area contributed by atoms with Crippen molar-refractivity contribution in [2.24, 2.45) is 0 Å². The summed E-state index contributed by atoms with van der Waals surface area (Å²) in [5, 5.41) is 20.5. The van der Waals surface area contributed by atoms with Crippen LogP contribution in [0.2, 0.25) is 0 Å². The molecule has 0 aliphatic heterocycles. The van der Waals surface area contributed by atoms with Gasteiger partial charge in [-0.2, -0.15) is 0 Å². The van der Waals surface area contributed by atoms with E-state index in [1.165, 1.54) is 6.92 Å². The lowest BCUT2D eigenvalue weighted by Crippen LogP contribution is -2.47. The Hall–Kier alpha value is -2.21. The SMILES string of the molecule is CC(=O)N[C@H](CC(=O)c1ccccc1)[C@H](O)C(=O)O. The molecule has 0 saturated heterocycles. The molecule has 0 aliphatic rings. The Kier molecular flexibility index (Phi) is 5.20. The summed E-state index contributed by atoms with van der Waals surface area (Å²) in [6, 6.07) is 7.11. The highest BCUT2D eigenvalue weighted by molar-refractivity contribution is 5.97. The standard InChI is InChI=1S/C13H15NO5/c1-8(15)14-10(12(17)13(18)19)7-11(16)9-5-3-2-4-6-9/h2-6,10,12,17H,7H2,1H3,(H,14,15)(H,18,19)/t10-,12+/m1/s1. The van der Waals surface area contributed by atoms with Crippen LogP contribution in [-0.2, 0) is 9.59 Å². The Labute approximate surface area is 110 Å². The Morgan fingerprint density at radius 3 is 2.26 bits per heavy atom. The van der Waals surface area contributed by atoms with E-state index >= 15 is 0 Å². The van der Waals surface area contributed by atoms with Gasteiger partial charge in [0.25, 0.3) is 0 Å². The molecule has 1 amide bonds. The van der Waals surface area contributed by atoms with Crippen LogP contribution in [0.1, 0.15) is 23.7 Å². The zero-order chi connectivity index (χ0) is 14.4. The Bertz CT molecular complexity index is 471. The molecule has 0 spiro atoms. The number of nitrogens with one attached hydrogen (secondary N) is 1. The number of benzene rings is 1. The van der Waals surface area contributed by atoms with Crippen molar-refractivity contribution in [3.05, 3.63) is 35.9 Å². The molecule has 102 valence electrons. The third-order valence-electron chi connectivity index (χ3n) is 2.52. The first-order chi connectivity index (χ1) is 8.91. The average molecular weight is 265 g/mol. The number of aliphatic hydroxyl groups excluding tert-OH is 1. The van der Waals surface area contributed by atoms with Gasteiger partial charge in [0.15, 0.2) is 11.9 Å². The van der Waals surface area contributed by atoms with Crippen LogP contribution < -0.4 is 5.32 Å². The molecule has 0 heterocycles. The van der Waals surface area contributed by atoms with Gasteiger partial charge in [0.1, 0.15) is 0 Å². The van der Waals surface area contributed by atoms with Crippen molar-refractivity contribution >= 4 is 17.7 Å². The maximum Gasteiger partial charge on any atom is 0.334 e. The summed E-state index contributed by atoms with van der Waals surface area (Å²) < 4.78 is 0. The third-order valence-corrected chi connectivity index (χ3v) is 2.52. The van der Waals surface area contributed by atoms with Crippen LogP contribution in [0, 0.1) is 0 Å². The number of Topliss-reactive ketones (excluding diaryl/α,β-unsaturated/α-hetero) is 1. The number of carbonyl (C=O) groups excluding carboxylic acids is 2. The highest BCUT2D eigenvalue weighted by Crippen LogP contribution is 2.08. The van der Waals surface area contributed by atoms with Crippen LogP contribution in [-0.4, -0.2) is 40.0 Å². The number of rotatable bonds is 6. The summed E-state index contributed by atoms with van der Waals surface area (Å²) in [5.74, 6) is -2.34. The molecular formula is C13H15NO5. The average Bonchev–Trinajstić information content (AvgIpc) is 2.37. The minimum Gasteiger partial charge on any atom is -0.479 e. The summed E-state index contributed by atoms with van der Waals surface area (Å²) in [6.07, 6.45) is -2.10. The van der Waals surface area contributed by atoms with E-state index in [1.54, 1.807) is 30.3 Å². The third kappa shape index (κ3) is 4.51. The van der Waals surface area contributed by atoms with Crippen molar-refractivity contribution < 1.29 is 24.6 Å². The second-order valence-electron chi connectivity index (χ2n) is 4.08. The van der Waals surface area contributed by atoms with Gasteiger partial charge in [-0.15, -0.1) is 0 Å². The van der Waals surface area contributed by atoms with E-state index in [-0.39, 0.29) is 12.2 Å². The van der Waals surface area contributed by atoms with Gasteiger partial charge in [-0.3, -0.25) is 9.59 Å². The van der Waals surface area contributed by atoms with Crippen molar-refractivity contribution in [2.75, 3.05) is 0 Å². The second-order valence-corrected chi connectivity index (χ2v) is 4.08. The van der Waals surface area contributed by atoms with Crippen molar-refractivity contribution in [1.82, 2.24) is 5.32 Å². The topological polar surface area (TPSA) is 104 Å². The lowest BCUT2D eigenvalue weighted by molar-refractivity contribution is -0.148. The molecule has 0 radical (unpaired) electrons. The number of aliphatic carboxylic acids is 1. The van der Waals surface area contributed by atoms with Crippen LogP contribution in [0.5, 0.6) is 0 Å². The van der Waals surface area contributed by atoms with Crippen LogP contribution in [0.4, 0.5) is 0 Å².